The lowest BCUT2D eigenvalue weighted by atomic mass is 10.1. The Morgan fingerprint density at radius 3 is 2.67 bits per heavy atom. The standard InChI is InChI=1S/C7H9N3O2/c8-4-5-2-1-3-6(7(5)9)10(11)12/h1-3H,4,8-9H2. The van der Waals surface area contributed by atoms with E-state index in [1.54, 1.807) is 12.1 Å². The summed E-state index contributed by atoms with van der Waals surface area (Å²) in [6.45, 7) is 0.216. The van der Waals surface area contributed by atoms with Gasteiger partial charge in [0.1, 0.15) is 5.69 Å². The van der Waals surface area contributed by atoms with Crippen molar-refractivity contribution in [1.82, 2.24) is 0 Å². The molecule has 0 aliphatic rings. The first-order valence-electron chi connectivity index (χ1n) is 3.38. The van der Waals surface area contributed by atoms with Gasteiger partial charge in [-0.05, 0) is 5.56 Å². The van der Waals surface area contributed by atoms with Gasteiger partial charge in [0, 0.05) is 12.6 Å². The molecule has 5 nitrogen and oxygen atoms in total. The average Bonchev–Trinajstić information content (AvgIpc) is 2.04. The minimum Gasteiger partial charge on any atom is -0.393 e. The third-order valence-corrected chi connectivity index (χ3v) is 1.59. The number of hydrogen-bond donors (Lipinski definition) is 2. The van der Waals surface area contributed by atoms with Gasteiger partial charge in [-0.1, -0.05) is 12.1 Å². The first-order valence-corrected chi connectivity index (χ1v) is 3.38. The predicted molar refractivity (Wildman–Crippen MR) is 45.4 cm³/mol. The molecule has 1 aromatic carbocycles. The smallest absolute Gasteiger partial charge is 0.292 e. The van der Waals surface area contributed by atoms with Crippen molar-refractivity contribution in [2.24, 2.45) is 5.73 Å². The number of benzene rings is 1. The zero-order valence-corrected chi connectivity index (χ0v) is 6.36. The second-order valence-corrected chi connectivity index (χ2v) is 2.31. The summed E-state index contributed by atoms with van der Waals surface area (Å²) in [4.78, 5) is 9.86. The van der Waals surface area contributed by atoms with Crippen LogP contribution in [0.15, 0.2) is 18.2 Å². The lowest BCUT2D eigenvalue weighted by molar-refractivity contribution is -0.383. The minimum absolute atomic E-state index is 0.0852. The molecule has 0 saturated heterocycles. The molecule has 0 unspecified atom stereocenters. The Balaban J connectivity index is 3.23. The molecular weight excluding hydrogens is 158 g/mol. The van der Waals surface area contributed by atoms with Crippen LogP contribution in [0.25, 0.3) is 0 Å². The van der Waals surface area contributed by atoms with E-state index in [1.807, 2.05) is 0 Å². The molecule has 0 fully saturated rings. The molecular formula is C7H9N3O2. The highest BCUT2D eigenvalue weighted by Gasteiger charge is 2.12. The van der Waals surface area contributed by atoms with Crippen LogP contribution in [-0.2, 0) is 6.54 Å². The summed E-state index contributed by atoms with van der Waals surface area (Å²) in [5.74, 6) is 0. The normalized spacial score (nSPS) is 9.75. The van der Waals surface area contributed by atoms with Crippen molar-refractivity contribution in [2.75, 3.05) is 5.73 Å². The van der Waals surface area contributed by atoms with E-state index in [9.17, 15) is 10.1 Å². The van der Waals surface area contributed by atoms with Crippen LogP contribution in [0.2, 0.25) is 0 Å². The molecule has 0 aliphatic heterocycles. The van der Waals surface area contributed by atoms with E-state index in [0.717, 1.165) is 0 Å². The Hall–Kier alpha value is -1.62. The van der Waals surface area contributed by atoms with Gasteiger partial charge in [-0.25, -0.2) is 0 Å². The molecule has 0 heterocycles. The highest BCUT2D eigenvalue weighted by atomic mass is 16.6. The Kier molecular flexibility index (Phi) is 2.25. The molecule has 0 atom stereocenters. The molecule has 0 amide bonds. The van der Waals surface area contributed by atoms with Crippen LogP contribution in [0.1, 0.15) is 5.56 Å². The number of para-hydroxylation sites is 1. The SMILES string of the molecule is NCc1cccc([N+](=O)[O-])c1N. The van der Waals surface area contributed by atoms with Gasteiger partial charge in [0.15, 0.2) is 0 Å². The van der Waals surface area contributed by atoms with Crippen molar-refractivity contribution in [3.8, 4) is 0 Å². The van der Waals surface area contributed by atoms with E-state index in [-0.39, 0.29) is 17.9 Å². The fourth-order valence-electron chi connectivity index (χ4n) is 0.937. The highest BCUT2D eigenvalue weighted by Crippen LogP contribution is 2.23. The van der Waals surface area contributed by atoms with Crippen molar-refractivity contribution >= 4 is 11.4 Å². The van der Waals surface area contributed by atoms with Gasteiger partial charge in [-0.15, -0.1) is 0 Å². The number of hydrogen-bond acceptors (Lipinski definition) is 4. The predicted octanol–water partition coefficient (Wildman–Crippen LogP) is 0.636. The van der Waals surface area contributed by atoms with Crippen molar-refractivity contribution in [2.45, 2.75) is 6.54 Å². The van der Waals surface area contributed by atoms with E-state index in [4.69, 9.17) is 11.5 Å². The zero-order chi connectivity index (χ0) is 9.14. The number of nitrogen functional groups attached to an aromatic ring is 1. The molecule has 0 saturated carbocycles. The van der Waals surface area contributed by atoms with Crippen LogP contribution >= 0.6 is 0 Å². The van der Waals surface area contributed by atoms with Gasteiger partial charge in [0.05, 0.1) is 4.92 Å². The summed E-state index contributed by atoms with van der Waals surface area (Å²) in [7, 11) is 0. The van der Waals surface area contributed by atoms with E-state index in [1.165, 1.54) is 6.07 Å². The molecule has 1 aromatic rings. The fraction of sp³-hybridized carbons (Fsp3) is 0.143. The first-order chi connectivity index (χ1) is 5.66. The Morgan fingerprint density at radius 2 is 2.17 bits per heavy atom. The quantitative estimate of drug-likeness (QED) is 0.383. The van der Waals surface area contributed by atoms with Crippen molar-refractivity contribution < 1.29 is 4.92 Å². The van der Waals surface area contributed by atoms with Crippen LogP contribution in [-0.4, -0.2) is 4.92 Å². The second kappa shape index (κ2) is 3.19. The summed E-state index contributed by atoms with van der Waals surface area (Å²) in [5.41, 5.74) is 11.5. The Morgan fingerprint density at radius 1 is 1.50 bits per heavy atom. The van der Waals surface area contributed by atoms with Gasteiger partial charge in [0.25, 0.3) is 5.69 Å². The van der Waals surface area contributed by atoms with E-state index < -0.39 is 4.92 Å². The van der Waals surface area contributed by atoms with Crippen molar-refractivity contribution in [3.63, 3.8) is 0 Å². The number of nitrogens with two attached hydrogens (primary N) is 2. The first kappa shape index (κ1) is 8.48. The van der Waals surface area contributed by atoms with Crippen LogP contribution in [0.4, 0.5) is 11.4 Å². The molecule has 0 bridgehead atoms. The van der Waals surface area contributed by atoms with Crippen LogP contribution in [0.5, 0.6) is 0 Å². The molecule has 0 spiro atoms. The Bertz CT molecular complexity index is 312. The van der Waals surface area contributed by atoms with Gasteiger partial charge in [0.2, 0.25) is 0 Å². The lowest BCUT2D eigenvalue weighted by Gasteiger charge is -2.01. The number of rotatable bonds is 2. The zero-order valence-electron chi connectivity index (χ0n) is 6.36. The number of anilines is 1. The molecule has 12 heavy (non-hydrogen) atoms. The number of nitrogens with zero attached hydrogens (tertiary/aromatic N) is 1. The molecule has 0 radical (unpaired) electrons. The van der Waals surface area contributed by atoms with E-state index in [0.29, 0.717) is 5.56 Å². The maximum absolute atomic E-state index is 10.4. The van der Waals surface area contributed by atoms with Gasteiger partial charge in [-0.2, -0.15) is 0 Å². The van der Waals surface area contributed by atoms with Crippen molar-refractivity contribution in [3.05, 3.63) is 33.9 Å². The monoisotopic (exact) mass is 167 g/mol. The summed E-state index contributed by atoms with van der Waals surface area (Å²) in [6.07, 6.45) is 0. The summed E-state index contributed by atoms with van der Waals surface area (Å²) in [6, 6.07) is 4.59. The number of nitro benzene ring substituents is 1. The largest absolute Gasteiger partial charge is 0.393 e. The van der Waals surface area contributed by atoms with Gasteiger partial charge in [-0.3, -0.25) is 10.1 Å². The maximum atomic E-state index is 10.4. The van der Waals surface area contributed by atoms with E-state index in [2.05, 4.69) is 0 Å². The van der Waals surface area contributed by atoms with E-state index >= 15 is 0 Å². The van der Waals surface area contributed by atoms with Gasteiger partial charge >= 0.3 is 0 Å². The summed E-state index contributed by atoms with van der Waals surface area (Å²) in [5, 5.41) is 10.4. The van der Waals surface area contributed by atoms with Gasteiger partial charge < -0.3 is 11.5 Å². The number of nitro groups is 1. The lowest BCUT2D eigenvalue weighted by Crippen LogP contribution is -2.04. The fourth-order valence-corrected chi connectivity index (χ4v) is 0.937. The van der Waals surface area contributed by atoms with Crippen LogP contribution in [0.3, 0.4) is 0 Å². The topological polar surface area (TPSA) is 95.2 Å². The Labute approximate surface area is 69.1 Å². The maximum Gasteiger partial charge on any atom is 0.292 e. The third-order valence-electron chi connectivity index (χ3n) is 1.59. The van der Waals surface area contributed by atoms with Crippen molar-refractivity contribution in [1.29, 1.82) is 0 Å². The summed E-state index contributed by atoms with van der Waals surface area (Å²) < 4.78 is 0. The third kappa shape index (κ3) is 1.35. The van der Waals surface area contributed by atoms with Crippen LogP contribution < -0.4 is 11.5 Å². The van der Waals surface area contributed by atoms with Crippen LogP contribution in [0, 0.1) is 10.1 Å². The minimum atomic E-state index is -0.519. The molecule has 64 valence electrons. The second-order valence-electron chi connectivity index (χ2n) is 2.31. The molecule has 0 aliphatic carbocycles. The summed E-state index contributed by atoms with van der Waals surface area (Å²) >= 11 is 0. The highest BCUT2D eigenvalue weighted by molar-refractivity contribution is 5.62. The molecule has 4 N–H and O–H groups in total. The molecule has 5 heteroatoms. The molecule has 0 aromatic heterocycles. The molecule has 1 rings (SSSR count). The average molecular weight is 167 g/mol.